The highest BCUT2D eigenvalue weighted by atomic mass is 16.5. The highest BCUT2D eigenvalue weighted by Crippen LogP contribution is 2.29. The van der Waals surface area contributed by atoms with E-state index in [-0.39, 0.29) is 6.10 Å². The molecule has 2 unspecified atom stereocenters. The second kappa shape index (κ2) is 4.58. The average molecular weight is 191 g/mol. The molecule has 1 saturated heterocycles. The van der Waals surface area contributed by atoms with Crippen molar-refractivity contribution in [3.8, 4) is 0 Å². The summed E-state index contributed by atoms with van der Waals surface area (Å²) in [6.07, 6.45) is 1.47. The van der Waals surface area contributed by atoms with Gasteiger partial charge in [-0.1, -0.05) is 30.3 Å². The van der Waals surface area contributed by atoms with Gasteiger partial charge in [-0.05, 0) is 18.5 Å². The highest BCUT2D eigenvalue weighted by molar-refractivity contribution is 5.18. The summed E-state index contributed by atoms with van der Waals surface area (Å²) in [7, 11) is 1.80. The van der Waals surface area contributed by atoms with Crippen molar-refractivity contribution < 1.29 is 4.74 Å². The molecule has 1 aliphatic heterocycles. The summed E-state index contributed by atoms with van der Waals surface area (Å²) in [6.45, 7) is 2.20. The maximum Gasteiger partial charge on any atom is 0.0861 e. The van der Waals surface area contributed by atoms with E-state index in [0.29, 0.717) is 5.92 Å². The summed E-state index contributed by atoms with van der Waals surface area (Å²) < 4.78 is 5.58. The Kier molecular flexibility index (Phi) is 3.17. The van der Waals surface area contributed by atoms with E-state index in [0.717, 1.165) is 13.1 Å². The van der Waals surface area contributed by atoms with Crippen LogP contribution in [-0.2, 0) is 4.74 Å². The summed E-state index contributed by atoms with van der Waals surface area (Å²) in [5.41, 5.74) is 1.30. The number of hydrogen-bond acceptors (Lipinski definition) is 2. The normalized spacial score (nSPS) is 23.6. The van der Waals surface area contributed by atoms with Gasteiger partial charge in [-0.25, -0.2) is 0 Å². The van der Waals surface area contributed by atoms with Crippen molar-refractivity contribution in [2.45, 2.75) is 12.5 Å². The lowest BCUT2D eigenvalue weighted by Crippen LogP contribution is -2.17. The minimum atomic E-state index is 0.256. The fourth-order valence-corrected chi connectivity index (χ4v) is 2.18. The van der Waals surface area contributed by atoms with Crippen molar-refractivity contribution in [3.63, 3.8) is 0 Å². The highest BCUT2D eigenvalue weighted by Gasteiger charge is 2.25. The zero-order chi connectivity index (χ0) is 9.80. The fraction of sp³-hybridized carbons (Fsp3) is 0.500. The van der Waals surface area contributed by atoms with E-state index in [1.54, 1.807) is 7.11 Å². The van der Waals surface area contributed by atoms with Gasteiger partial charge in [0.05, 0.1) is 6.10 Å². The molecule has 0 amide bonds. The van der Waals surface area contributed by atoms with Gasteiger partial charge in [0.1, 0.15) is 0 Å². The Morgan fingerprint density at radius 3 is 2.71 bits per heavy atom. The predicted molar refractivity (Wildman–Crippen MR) is 57.2 cm³/mol. The van der Waals surface area contributed by atoms with Gasteiger partial charge in [0, 0.05) is 19.6 Å². The van der Waals surface area contributed by atoms with Crippen LogP contribution in [0.2, 0.25) is 0 Å². The second-order valence-electron chi connectivity index (χ2n) is 3.82. The zero-order valence-electron chi connectivity index (χ0n) is 8.57. The molecule has 14 heavy (non-hydrogen) atoms. The van der Waals surface area contributed by atoms with E-state index >= 15 is 0 Å². The first kappa shape index (κ1) is 9.69. The third-order valence-electron chi connectivity index (χ3n) is 2.91. The molecule has 1 heterocycles. The van der Waals surface area contributed by atoms with Gasteiger partial charge in [-0.3, -0.25) is 0 Å². The molecule has 0 aromatic heterocycles. The summed E-state index contributed by atoms with van der Waals surface area (Å²) in [4.78, 5) is 0. The Morgan fingerprint density at radius 2 is 2.14 bits per heavy atom. The average Bonchev–Trinajstić information content (AvgIpc) is 2.74. The van der Waals surface area contributed by atoms with E-state index < -0.39 is 0 Å². The smallest absolute Gasteiger partial charge is 0.0861 e. The summed E-state index contributed by atoms with van der Waals surface area (Å²) in [5, 5.41) is 3.38. The van der Waals surface area contributed by atoms with Gasteiger partial charge in [0.25, 0.3) is 0 Å². The maximum atomic E-state index is 5.58. The number of methoxy groups -OCH3 is 1. The number of benzene rings is 1. The molecule has 1 fully saturated rings. The monoisotopic (exact) mass is 191 g/mol. The molecule has 76 valence electrons. The van der Waals surface area contributed by atoms with Crippen molar-refractivity contribution in [2.75, 3.05) is 20.2 Å². The summed E-state index contributed by atoms with van der Waals surface area (Å²) >= 11 is 0. The van der Waals surface area contributed by atoms with E-state index in [1.165, 1.54) is 12.0 Å². The van der Waals surface area contributed by atoms with Crippen LogP contribution in [0.4, 0.5) is 0 Å². The van der Waals surface area contributed by atoms with Crippen molar-refractivity contribution in [1.29, 1.82) is 0 Å². The minimum Gasteiger partial charge on any atom is -0.376 e. The van der Waals surface area contributed by atoms with Crippen LogP contribution >= 0.6 is 0 Å². The molecule has 2 nitrogen and oxygen atoms in total. The molecule has 1 aromatic carbocycles. The van der Waals surface area contributed by atoms with Gasteiger partial charge >= 0.3 is 0 Å². The lowest BCUT2D eigenvalue weighted by molar-refractivity contribution is 0.0584. The minimum absolute atomic E-state index is 0.256. The molecule has 0 radical (unpaired) electrons. The Morgan fingerprint density at radius 1 is 1.36 bits per heavy atom. The van der Waals surface area contributed by atoms with Crippen LogP contribution in [0.3, 0.4) is 0 Å². The molecular formula is C12H17NO. The predicted octanol–water partition coefficient (Wildman–Crippen LogP) is 1.98. The molecule has 0 bridgehead atoms. The second-order valence-corrected chi connectivity index (χ2v) is 3.82. The van der Waals surface area contributed by atoms with Gasteiger partial charge in [0.2, 0.25) is 0 Å². The van der Waals surface area contributed by atoms with Crippen molar-refractivity contribution in [3.05, 3.63) is 35.9 Å². The van der Waals surface area contributed by atoms with E-state index in [4.69, 9.17) is 4.74 Å². The Hall–Kier alpha value is -0.860. The van der Waals surface area contributed by atoms with Crippen LogP contribution in [0.5, 0.6) is 0 Å². The number of hydrogen-bond donors (Lipinski definition) is 1. The number of ether oxygens (including phenoxy) is 1. The first-order valence-corrected chi connectivity index (χ1v) is 5.20. The molecule has 0 saturated carbocycles. The maximum absolute atomic E-state index is 5.58. The van der Waals surface area contributed by atoms with Crippen LogP contribution in [-0.4, -0.2) is 20.2 Å². The zero-order valence-corrected chi connectivity index (χ0v) is 8.57. The first-order chi connectivity index (χ1) is 6.92. The molecule has 2 rings (SSSR count). The van der Waals surface area contributed by atoms with Gasteiger partial charge < -0.3 is 10.1 Å². The lowest BCUT2D eigenvalue weighted by atomic mass is 9.95. The topological polar surface area (TPSA) is 21.3 Å². The van der Waals surface area contributed by atoms with Crippen molar-refractivity contribution >= 4 is 0 Å². The number of nitrogens with one attached hydrogen (secondary N) is 1. The SMILES string of the molecule is COC(c1ccccc1)C1CCNC1. The third kappa shape index (κ3) is 1.97. The Labute approximate surface area is 85.3 Å². The third-order valence-corrected chi connectivity index (χ3v) is 2.91. The molecule has 1 N–H and O–H groups in total. The van der Waals surface area contributed by atoms with Gasteiger partial charge in [0.15, 0.2) is 0 Å². The van der Waals surface area contributed by atoms with E-state index in [1.807, 2.05) is 6.07 Å². The van der Waals surface area contributed by atoms with Crippen molar-refractivity contribution in [1.82, 2.24) is 5.32 Å². The van der Waals surface area contributed by atoms with Crippen LogP contribution < -0.4 is 5.32 Å². The van der Waals surface area contributed by atoms with Gasteiger partial charge in [-0.15, -0.1) is 0 Å². The molecule has 0 aliphatic carbocycles. The Bertz CT molecular complexity index is 267. The molecule has 2 atom stereocenters. The lowest BCUT2D eigenvalue weighted by Gasteiger charge is -2.21. The van der Waals surface area contributed by atoms with Crippen molar-refractivity contribution in [2.24, 2.45) is 5.92 Å². The largest absolute Gasteiger partial charge is 0.376 e. The Balaban J connectivity index is 2.12. The summed E-state index contributed by atoms with van der Waals surface area (Å²) in [5.74, 6) is 0.627. The molecule has 1 aliphatic rings. The van der Waals surface area contributed by atoms with Crippen LogP contribution in [0, 0.1) is 5.92 Å². The van der Waals surface area contributed by atoms with Gasteiger partial charge in [-0.2, -0.15) is 0 Å². The molecular weight excluding hydrogens is 174 g/mol. The summed E-state index contributed by atoms with van der Waals surface area (Å²) in [6, 6.07) is 10.5. The number of rotatable bonds is 3. The quantitative estimate of drug-likeness (QED) is 0.789. The first-order valence-electron chi connectivity index (χ1n) is 5.20. The van der Waals surface area contributed by atoms with E-state index in [9.17, 15) is 0 Å². The standard InChI is InChI=1S/C12H17NO/c1-14-12(11-7-8-13-9-11)10-5-3-2-4-6-10/h2-6,11-13H,7-9H2,1H3. The van der Waals surface area contributed by atoms with Crippen LogP contribution in [0.25, 0.3) is 0 Å². The van der Waals surface area contributed by atoms with E-state index in [2.05, 4.69) is 29.6 Å². The molecule has 1 aromatic rings. The van der Waals surface area contributed by atoms with Crippen LogP contribution in [0.1, 0.15) is 18.1 Å². The fourth-order valence-electron chi connectivity index (χ4n) is 2.18. The molecule has 2 heteroatoms. The van der Waals surface area contributed by atoms with Crippen LogP contribution in [0.15, 0.2) is 30.3 Å². The molecule has 0 spiro atoms.